The van der Waals surface area contributed by atoms with Crippen LogP contribution in [0.4, 0.5) is 0 Å². The number of hydrogen-bond donors (Lipinski definition) is 1. The number of piperidine rings is 1. The molecule has 0 bridgehead atoms. The molecule has 0 aliphatic carbocycles. The highest BCUT2D eigenvalue weighted by atomic mass is 35.5. The number of likely N-dealkylation sites (tertiary alicyclic amines) is 1. The number of hydrogen-bond acceptors (Lipinski definition) is 3. The maximum absolute atomic E-state index is 5.67. The zero-order valence-electron chi connectivity index (χ0n) is 8.87. The first-order valence-corrected chi connectivity index (χ1v) is 5.51. The Labute approximate surface area is 92.6 Å². The number of ether oxygens (including phenoxy) is 1. The molecule has 2 unspecified atom stereocenters. The lowest BCUT2D eigenvalue weighted by Crippen LogP contribution is -2.50. The molecular weight excluding hydrogens is 200 g/mol. The molecule has 0 saturated carbocycles. The van der Waals surface area contributed by atoms with E-state index in [9.17, 15) is 0 Å². The first-order valence-electron chi connectivity index (χ1n) is 5.51. The number of likely N-dealkylation sites (N-methyl/N-ethyl adjacent to an activating group) is 1. The van der Waals surface area contributed by atoms with E-state index in [2.05, 4.69) is 17.1 Å². The van der Waals surface area contributed by atoms with E-state index in [0.717, 1.165) is 19.7 Å². The van der Waals surface area contributed by atoms with Crippen molar-refractivity contribution in [1.82, 2.24) is 10.2 Å². The summed E-state index contributed by atoms with van der Waals surface area (Å²) in [6.45, 7) is 6.57. The van der Waals surface area contributed by atoms with Crippen molar-refractivity contribution in [3.8, 4) is 0 Å². The number of rotatable bonds is 2. The minimum absolute atomic E-state index is 0. The van der Waals surface area contributed by atoms with Gasteiger partial charge in [-0.2, -0.15) is 0 Å². The van der Waals surface area contributed by atoms with Crippen molar-refractivity contribution in [3.63, 3.8) is 0 Å². The molecule has 0 spiro atoms. The maximum Gasteiger partial charge on any atom is 0.123 e. The van der Waals surface area contributed by atoms with Gasteiger partial charge in [0.1, 0.15) is 6.23 Å². The quantitative estimate of drug-likeness (QED) is 0.758. The maximum atomic E-state index is 5.67. The van der Waals surface area contributed by atoms with Crippen LogP contribution in [0.3, 0.4) is 0 Å². The van der Waals surface area contributed by atoms with Crippen LogP contribution in [0.2, 0.25) is 0 Å². The first kappa shape index (κ1) is 12.2. The van der Waals surface area contributed by atoms with Crippen LogP contribution in [0.5, 0.6) is 0 Å². The van der Waals surface area contributed by atoms with Crippen LogP contribution in [-0.2, 0) is 4.74 Å². The SMILES string of the molecule is CCN1CCCCC1C1NCCO1.Cl. The third kappa shape index (κ3) is 2.60. The minimum atomic E-state index is 0. The van der Waals surface area contributed by atoms with Gasteiger partial charge >= 0.3 is 0 Å². The summed E-state index contributed by atoms with van der Waals surface area (Å²) in [5.74, 6) is 0. The van der Waals surface area contributed by atoms with Crippen molar-refractivity contribution < 1.29 is 4.74 Å². The molecule has 2 atom stereocenters. The Kier molecular flexibility index (Phi) is 5.17. The minimum Gasteiger partial charge on any atom is -0.360 e. The Morgan fingerprint density at radius 1 is 1.43 bits per heavy atom. The molecule has 1 N–H and O–H groups in total. The lowest BCUT2D eigenvalue weighted by molar-refractivity contribution is -0.000703. The van der Waals surface area contributed by atoms with Crippen molar-refractivity contribution in [1.29, 1.82) is 0 Å². The summed E-state index contributed by atoms with van der Waals surface area (Å²) in [6.07, 6.45) is 4.32. The molecule has 2 heterocycles. The second-order valence-electron chi connectivity index (χ2n) is 3.94. The van der Waals surface area contributed by atoms with Gasteiger partial charge in [0.25, 0.3) is 0 Å². The summed E-state index contributed by atoms with van der Waals surface area (Å²) < 4.78 is 5.67. The van der Waals surface area contributed by atoms with E-state index in [-0.39, 0.29) is 12.4 Å². The summed E-state index contributed by atoms with van der Waals surface area (Å²) >= 11 is 0. The van der Waals surface area contributed by atoms with Crippen LogP contribution in [-0.4, -0.2) is 43.4 Å². The van der Waals surface area contributed by atoms with Crippen LogP contribution in [0.25, 0.3) is 0 Å². The van der Waals surface area contributed by atoms with Crippen molar-refractivity contribution in [2.75, 3.05) is 26.2 Å². The van der Waals surface area contributed by atoms with Crippen LogP contribution < -0.4 is 5.32 Å². The van der Waals surface area contributed by atoms with Gasteiger partial charge in [0.05, 0.1) is 6.61 Å². The van der Waals surface area contributed by atoms with Crippen LogP contribution in [0.15, 0.2) is 0 Å². The predicted molar refractivity (Wildman–Crippen MR) is 59.9 cm³/mol. The van der Waals surface area contributed by atoms with Gasteiger partial charge in [-0.25, -0.2) is 0 Å². The average molecular weight is 221 g/mol. The zero-order valence-corrected chi connectivity index (χ0v) is 9.68. The van der Waals surface area contributed by atoms with E-state index in [1.165, 1.54) is 25.8 Å². The number of nitrogens with zero attached hydrogens (tertiary/aromatic N) is 1. The fourth-order valence-electron chi connectivity index (χ4n) is 2.45. The standard InChI is InChI=1S/C10H20N2O.ClH/c1-2-12-7-4-3-5-9(12)10-11-6-8-13-10;/h9-11H,2-8H2,1H3;1H. The van der Waals surface area contributed by atoms with Gasteiger partial charge in [0.2, 0.25) is 0 Å². The van der Waals surface area contributed by atoms with Gasteiger partial charge in [0.15, 0.2) is 0 Å². The molecular formula is C10H21ClN2O. The Morgan fingerprint density at radius 2 is 2.29 bits per heavy atom. The number of nitrogens with one attached hydrogen (secondary N) is 1. The van der Waals surface area contributed by atoms with Gasteiger partial charge in [-0.1, -0.05) is 13.3 Å². The van der Waals surface area contributed by atoms with Crippen molar-refractivity contribution in [2.24, 2.45) is 0 Å². The van der Waals surface area contributed by atoms with Crippen LogP contribution >= 0.6 is 12.4 Å². The average Bonchev–Trinajstić information content (AvgIpc) is 2.70. The highest BCUT2D eigenvalue weighted by Gasteiger charge is 2.31. The van der Waals surface area contributed by atoms with E-state index < -0.39 is 0 Å². The van der Waals surface area contributed by atoms with Crippen LogP contribution in [0.1, 0.15) is 26.2 Å². The number of halogens is 1. The third-order valence-corrected chi connectivity index (χ3v) is 3.16. The summed E-state index contributed by atoms with van der Waals surface area (Å²) in [4.78, 5) is 2.55. The van der Waals surface area contributed by atoms with Gasteiger partial charge in [-0.3, -0.25) is 10.2 Å². The Balaban J connectivity index is 0.000000980. The van der Waals surface area contributed by atoms with Gasteiger partial charge in [-0.15, -0.1) is 12.4 Å². The molecule has 2 aliphatic heterocycles. The molecule has 0 aromatic carbocycles. The summed E-state index contributed by atoms with van der Waals surface area (Å²) in [7, 11) is 0. The van der Waals surface area contributed by atoms with E-state index in [4.69, 9.17) is 4.74 Å². The van der Waals surface area contributed by atoms with Crippen molar-refractivity contribution in [2.45, 2.75) is 38.5 Å². The fraction of sp³-hybridized carbons (Fsp3) is 1.00. The topological polar surface area (TPSA) is 24.5 Å². The Hall–Kier alpha value is 0.170. The van der Waals surface area contributed by atoms with E-state index >= 15 is 0 Å². The fourth-order valence-corrected chi connectivity index (χ4v) is 2.45. The Morgan fingerprint density at radius 3 is 2.93 bits per heavy atom. The molecule has 0 aromatic rings. The van der Waals surface area contributed by atoms with Crippen molar-refractivity contribution in [3.05, 3.63) is 0 Å². The smallest absolute Gasteiger partial charge is 0.123 e. The highest BCUT2D eigenvalue weighted by Crippen LogP contribution is 2.21. The first-order chi connectivity index (χ1) is 6.42. The Bertz CT molecular complexity index is 160. The second-order valence-corrected chi connectivity index (χ2v) is 3.94. The normalized spacial score (nSPS) is 34.1. The van der Waals surface area contributed by atoms with E-state index in [1.54, 1.807) is 0 Å². The highest BCUT2D eigenvalue weighted by molar-refractivity contribution is 5.85. The van der Waals surface area contributed by atoms with E-state index in [1.807, 2.05) is 0 Å². The molecule has 84 valence electrons. The van der Waals surface area contributed by atoms with E-state index in [0.29, 0.717) is 12.3 Å². The zero-order chi connectivity index (χ0) is 9.10. The molecule has 2 saturated heterocycles. The van der Waals surface area contributed by atoms with Crippen LogP contribution in [0, 0.1) is 0 Å². The molecule has 2 aliphatic rings. The largest absolute Gasteiger partial charge is 0.360 e. The predicted octanol–water partition coefficient (Wildman–Crippen LogP) is 1.23. The summed E-state index contributed by atoms with van der Waals surface area (Å²) in [5.41, 5.74) is 0. The monoisotopic (exact) mass is 220 g/mol. The van der Waals surface area contributed by atoms with Gasteiger partial charge in [0, 0.05) is 12.6 Å². The molecule has 3 nitrogen and oxygen atoms in total. The molecule has 4 heteroatoms. The summed E-state index contributed by atoms with van der Waals surface area (Å²) in [5, 5.41) is 3.43. The lowest BCUT2D eigenvalue weighted by atomic mass is 10.0. The molecule has 0 aromatic heterocycles. The van der Waals surface area contributed by atoms with Crippen molar-refractivity contribution >= 4 is 12.4 Å². The molecule has 2 rings (SSSR count). The molecule has 2 fully saturated rings. The second kappa shape index (κ2) is 5.91. The molecule has 14 heavy (non-hydrogen) atoms. The third-order valence-electron chi connectivity index (χ3n) is 3.16. The van der Waals surface area contributed by atoms with Gasteiger partial charge in [-0.05, 0) is 25.9 Å². The summed E-state index contributed by atoms with van der Waals surface area (Å²) in [6, 6.07) is 0.626. The lowest BCUT2D eigenvalue weighted by Gasteiger charge is -2.37. The van der Waals surface area contributed by atoms with Gasteiger partial charge < -0.3 is 4.74 Å². The molecule has 0 amide bonds. The molecule has 0 radical (unpaired) electrons.